The van der Waals surface area contributed by atoms with Gasteiger partial charge in [0.1, 0.15) is 0 Å². The summed E-state index contributed by atoms with van der Waals surface area (Å²) in [5.41, 5.74) is 10.4. The van der Waals surface area contributed by atoms with E-state index in [4.69, 9.17) is 5.73 Å². The summed E-state index contributed by atoms with van der Waals surface area (Å²) in [7, 11) is 0. The number of benzene rings is 2. The minimum Gasteiger partial charge on any atom is -0.324 e. The second-order valence-electron chi connectivity index (χ2n) is 6.30. The molecule has 2 aromatic carbocycles. The SMILES string of the molecule is CCC(C)(C)c1ccc(C(N)Cc2cccc(Br)c2)cc1. The Morgan fingerprint density at radius 1 is 1.10 bits per heavy atom. The molecule has 0 saturated heterocycles. The Balaban J connectivity index is 2.11. The zero-order valence-electron chi connectivity index (χ0n) is 13.1. The summed E-state index contributed by atoms with van der Waals surface area (Å²) in [6, 6.07) is 17.2. The number of hydrogen-bond donors (Lipinski definition) is 1. The van der Waals surface area contributed by atoms with Gasteiger partial charge in [-0.3, -0.25) is 0 Å². The molecule has 0 saturated carbocycles. The number of hydrogen-bond acceptors (Lipinski definition) is 1. The van der Waals surface area contributed by atoms with Crippen LogP contribution in [0.2, 0.25) is 0 Å². The number of halogens is 1. The summed E-state index contributed by atoms with van der Waals surface area (Å²) in [5, 5.41) is 0. The molecule has 0 bridgehead atoms. The molecule has 112 valence electrons. The van der Waals surface area contributed by atoms with Crippen molar-refractivity contribution in [1.29, 1.82) is 0 Å². The number of rotatable bonds is 5. The van der Waals surface area contributed by atoms with Gasteiger partial charge in [-0.2, -0.15) is 0 Å². The van der Waals surface area contributed by atoms with E-state index in [-0.39, 0.29) is 11.5 Å². The Bertz CT molecular complexity index is 587. The molecule has 21 heavy (non-hydrogen) atoms. The Morgan fingerprint density at radius 3 is 2.33 bits per heavy atom. The maximum Gasteiger partial charge on any atom is 0.0335 e. The molecule has 0 spiro atoms. The van der Waals surface area contributed by atoms with Gasteiger partial charge in [0.25, 0.3) is 0 Å². The standard InChI is InChI=1S/C19H24BrN/c1-4-19(2,3)16-10-8-15(9-11-16)18(21)13-14-6-5-7-17(20)12-14/h5-12,18H,4,13,21H2,1-3H3. The van der Waals surface area contributed by atoms with Gasteiger partial charge >= 0.3 is 0 Å². The van der Waals surface area contributed by atoms with E-state index in [2.05, 4.69) is 79.2 Å². The maximum absolute atomic E-state index is 6.35. The van der Waals surface area contributed by atoms with Crippen LogP contribution in [0.25, 0.3) is 0 Å². The zero-order chi connectivity index (χ0) is 15.5. The van der Waals surface area contributed by atoms with E-state index in [0.717, 1.165) is 17.3 Å². The van der Waals surface area contributed by atoms with Crippen molar-refractivity contribution in [2.24, 2.45) is 5.73 Å². The minimum absolute atomic E-state index is 0.0399. The van der Waals surface area contributed by atoms with Crippen molar-refractivity contribution >= 4 is 15.9 Å². The fourth-order valence-electron chi connectivity index (χ4n) is 2.42. The monoisotopic (exact) mass is 345 g/mol. The van der Waals surface area contributed by atoms with Crippen LogP contribution in [0.4, 0.5) is 0 Å². The highest BCUT2D eigenvalue weighted by Gasteiger charge is 2.18. The van der Waals surface area contributed by atoms with E-state index >= 15 is 0 Å². The quantitative estimate of drug-likeness (QED) is 0.773. The van der Waals surface area contributed by atoms with Crippen LogP contribution in [-0.2, 0) is 11.8 Å². The molecule has 1 nitrogen and oxygen atoms in total. The molecule has 0 aliphatic carbocycles. The van der Waals surface area contributed by atoms with E-state index in [0.29, 0.717) is 0 Å². The molecule has 0 aromatic heterocycles. The van der Waals surface area contributed by atoms with Gasteiger partial charge in [-0.1, -0.05) is 73.1 Å². The maximum atomic E-state index is 6.35. The normalized spacial score (nSPS) is 13.2. The molecule has 1 unspecified atom stereocenters. The fourth-order valence-corrected chi connectivity index (χ4v) is 2.87. The Labute approximate surface area is 136 Å². The van der Waals surface area contributed by atoms with Crippen LogP contribution >= 0.6 is 15.9 Å². The van der Waals surface area contributed by atoms with Crippen molar-refractivity contribution < 1.29 is 0 Å². The van der Waals surface area contributed by atoms with E-state index in [1.807, 2.05) is 6.07 Å². The first-order valence-corrected chi connectivity index (χ1v) is 8.32. The zero-order valence-corrected chi connectivity index (χ0v) is 14.7. The molecule has 2 heteroatoms. The Hall–Kier alpha value is -1.12. The molecule has 2 rings (SSSR count). The molecule has 1 atom stereocenters. The highest BCUT2D eigenvalue weighted by atomic mass is 79.9. The van der Waals surface area contributed by atoms with Crippen molar-refractivity contribution in [3.05, 3.63) is 69.7 Å². The van der Waals surface area contributed by atoms with Crippen LogP contribution < -0.4 is 5.73 Å². The third-order valence-electron chi connectivity index (χ3n) is 4.35. The van der Waals surface area contributed by atoms with Gasteiger partial charge in [-0.15, -0.1) is 0 Å². The molecular weight excluding hydrogens is 322 g/mol. The van der Waals surface area contributed by atoms with Gasteiger partial charge in [0.15, 0.2) is 0 Å². The van der Waals surface area contributed by atoms with Crippen LogP contribution in [0.3, 0.4) is 0 Å². The van der Waals surface area contributed by atoms with Crippen LogP contribution in [0.1, 0.15) is 49.9 Å². The summed E-state index contributed by atoms with van der Waals surface area (Å²) >= 11 is 3.51. The molecule has 0 heterocycles. The van der Waals surface area contributed by atoms with Crippen molar-refractivity contribution in [2.45, 2.75) is 45.1 Å². The average Bonchev–Trinajstić information content (AvgIpc) is 2.47. The minimum atomic E-state index is 0.0399. The summed E-state index contributed by atoms with van der Waals surface area (Å²) in [4.78, 5) is 0. The molecule has 0 aliphatic rings. The molecule has 2 N–H and O–H groups in total. The fraction of sp³-hybridized carbons (Fsp3) is 0.368. The topological polar surface area (TPSA) is 26.0 Å². The van der Waals surface area contributed by atoms with E-state index in [9.17, 15) is 0 Å². The Morgan fingerprint density at radius 2 is 1.76 bits per heavy atom. The second kappa shape index (κ2) is 6.76. The lowest BCUT2D eigenvalue weighted by Gasteiger charge is -2.24. The lowest BCUT2D eigenvalue weighted by Crippen LogP contribution is -2.17. The smallest absolute Gasteiger partial charge is 0.0335 e. The average molecular weight is 346 g/mol. The van der Waals surface area contributed by atoms with Crippen LogP contribution in [0.15, 0.2) is 53.0 Å². The van der Waals surface area contributed by atoms with Gasteiger partial charge in [0, 0.05) is 10.5 Å². The molecule has 0 amide bonds. The predicted octanol–water partition coefficient (Wildman–Crippen LogP) is 5.38. The largest absolute Gasteiger partial charge is 0.324 e. The highest BCUT2D eigenvalue weighted by Crippen LogP contribution is 2.28. The van der Waals surface area contributed by atoms with Crippen LogP contribution in [0, 0.1) is 0 Å². The Kier molecular flexibility index (Phi) is 5.23. The molecular formula is C19H24BrN. The summed E-state index contributed by atoms with van der Waals surface area (Å²) in [6.07, 6.45) is 1.99. The lowest BCUT2D eigenvalue weighted by molar-refractivity contribution is 0.506. The van der Waals surface area contributed by atoms with Gasteiger partial charge in [-0.25, -0.2) is 0 Å². The van der Waals surface area contributed by atoms with Crippen molar-refractivity contribution in [3.8, 4) is 0 Å². The summed E-state index contributed by atoms with van der Waals surface area (Å²) in [6.45, 7) is 6.79. The van der Waals surface area contributed by atoms with Crippen molar-refractivity contribution in [3.63, 3.8) is 0 Å². The van der Waals surface area contributed by atoms with Gasteiger partial charge in [0.05, 0.1) is 0 Å². The first kappa shape index (κ1) is 16.3. The van der Waals surface area contributed by atoms with Gasteiger partial charge in [0.2, 0.25) is 0 Å². The van der Waals surface area contributed by atoms with Gasteiger partial charge in [-0.05, 0) is 47.1 Å². The summed E-state index contributed by atoms with van der Waals surface area (Å²) < 4.78 is 1.10. The van der Waals surface area contributed by atoms with Crippen LogP contribution in [0.5, 0.6) is 0 Å². The number of nitrogens with two attached hydrogens (primary N) is 1. The van der Waals surface area contributed by atoms with Crippen molar-refractivity contribution in [1.82, 2.24) is 0 Å². The molecule has 2 aromatic rings. The lowest BCUT2D eigenvalue weighted by atomic mass is 9.81. The van der Waals surface area contributed by atoms with Crippen molar-refractivity contribution in [2.75, 3.05) is 0 Å². The molecule has 0 radical (unpaired) electrons. The van der Waals surface area contributed by atoms with E-state index in [1.165, 1.54) is 16.7 Å². The first-order chi connectivity index (χ1) is 9.92. The molecule has 0 aliphatic heterocycles. The second-order valence-corrected chi connectivity index (χ2v) is 7.22. The highest BCUT2D eigenvalue weighted by molar-refractivity contribution is 9.10. The van der Waals surface area contributed by atoms with Crippen LogP contribution in [-0.4, -0.2) is 0 Å². The van der Waals surface area contributed by atoms with E-state index in [1.54, 1.807) is 0 Å². The van der Waals surface area contributed by atoms with E-state index < -0.39 is 0 Å². The third-order valence-corrected chi connectivity index (χ3v) is 4.84. The third kappa shape index (κ3) is 4.18. The predicted molar refractivity (Wildman–Crippen MR) is 94.5 cm³/mol. The molecule has 0 fully saturated rings. The van der Waals surface area contributed by atoms with Gasteiger partial charge < -0.3 is 5.73 Å². The summed E-state index contributed by atoms with van der Waals surface area (Å²) in [5.74, 6) is 0. The first-order valence-electron chi connectivity index (χ1n) is 7.53.